The molecule has 284 valence electrons. The van der Waals surface area contributed by atoms with Gasteiger partial charge in [-0.1, -0.05) is 173 Å². The number of allylic oxidation sites excluding steroid dienone is 4. The zero-order valence-corrected chi connectivity index (χ0v) is 37.5. The quantitative estimate of drug-likeness (QED) is 0.0964. The molecule has 0 amide bonds. The van der Waals surface area contributed by atoms with Crippen molar-refractivity contribution in [1.29, 1.82) is 0 Å². The van der Waals surface area contributed by atoms with E-state index in [0.29, 0.717) is 0 Å². The minimum atomic E-state index is -0.842. The number of aryl methyl sites for hydroxylation is 4. The third kappa shape index (κ3) is 10.3. The smallest absolute Gasteiger partial charge is 0.0654 e. The van der Waals surface area contributed by atoms with Crippen molar-refractivity contribution in [3.05, 3.63) is 116 Å². The van der Waals surface area contributed by atoms with Crippen LogP contribution in [0.15, 0.2) is 71.3 Å². The second kappa shape index (κ2) is 18.1. The Morgan fingerprint density at radius 3 is 1.40 bits per heavy atom. The van der Waals surface area contributed by atoms with Gasteiger partial charge in [0.15, 0.2) is 0 Å². The molecule has 1 aliphatic carbocycles. The first-order valence-electron chi connectivity index (χ1n) is 21.4. The Morgan fingerprint density at radius 2 is 0.962 bits per heavy atom. The van der Waals surface area contributed by atoms with Gasteiger partial charge >= 0.3 is 0 Å². The molecule has 0 nitrogen and oxygen atoms in total. The lowest BCUT2D eigenvalue weighted by molar-refractivity contribution is 0.568. The van der Waals surface area contributed by atoms with E-state index in [2.05, 4.69) is 145 Å². The molecule has 0 radical (unpaired) electrons. The molecule has 1 heteroatoms. The first kappa shape index (κ1) is 42.1. The van der Waals surface area contributed by atoms with Crippen molar-refractivity contribution in [2.75, 3.05) is 0 Å². The minimum absolute atomic E-state index is 0.0114. The van der Waals surface area contributed by atoms with Crippen LogP contribution in [0.3, 0.4) is 0 Å². The molecule has 52 heavy (non-hydrogen) atoms. The van der Waals surface area contributed by atoms with Crippen LogP contribution in [0.2, 0.25) is 5.04 Å². The highest BCUT2D eigenvalue weighted by atomic mass is 28.2. The topological polar surface area (TPSA) is 0 Å². The molecule has 3 aromatic rings. The number of rotatable bonds is 17. The van der Waals surface area contributed by atoms with Crippen LogP contribution in [-0.2, 0) is 42.9 Å². The summed E-state index contributed by atoms with van der Waals surface area (Å²) < 4.78 is 0. The predicted molar refractivity (Wildman–Crippen MR) is 237 cm³/mol. The monoisotopic (exact) mass is 717 g/mol. The van der Waals surface area contributed by atoms with Gasteiger partial charge in [-0.25, -0.2) is 0 Å². The van der Waals surface area contributed by atoms with Crippen LogP contribution < -0.4 is 5.19 Å². The van der Waals surface area contributed by atoms with E-state index in [1.807, 2.05) is 0 Å². The van der Waals surface area contributed by atoms with Gasteiger partial charge in [-0.3, -0.25) is 0 Å². The average molecular weight is 717 g/mol. The third-order valence-electron chi connectivity index (χ3n) is 12.3. The Labute approximate surface area is 324 Å². The summed E-state index contributed by atoms with van der Waals surface area (Å²) in [6.45, 7) is 31.0. The summed E-state index contributed by atoms with van der Waals surface area (Å²) >= 11 is 0. The lowest BCUT2D eigenvalue weighted by atomic mass is 9.76. The fraction of sp³-hybridized carbons (Fsp3) is 0.569. The van der Waals surface area contributed by atoms with Gasteiger partial charge in [0, 0.05) is 5.04 Å². The predicted octanol–water partition coefficient (Wildman–Crippen LogP) is 13.7. The third-order valence-corrected chi connectivity index (χ3v) is 14.9. The molecule has 4 rings (SSSR count). The number of hydrogen-bond donors (Lipinski definition) is 0. The number of benzene rings is 3. The first-order chi connectivity index (χ1) is 24.6. The van der Waals surface area contributed by atoms with Crippen molar-refractivity contribution in [2.45, 2.75) is 189 Å². The van der Waals surface area contributed by atoms with E-state index in [0.717, 1.165) is 19.3 Å². The lowest BCUT2D eigenvalue weighted by Crippen LogP contribution is -2.34. The maximum absolute atomic E-state index is 2.68. The van der Waals surface area contributed by atoms with Crippen LogP contribution in [-0.4, -0.2) is 9.52 Å². The van der Waals surface area contributed by atoms with Crippen molar-refractivity contribution >= 4 is 20.3 Å². The molecular weight excluding hydrogens is 641 g/mol. The summed E-state index contributed by atoms with van der Waals surface area (Å²) in [5.41, 5.74) is 18.5. The molecule has 0 fully saturated rings. The Bertz CT molecular complexity index is 1630. The van der Waals surface area contributed by atoms with E-state index in [-0.39, 0.29) is 15.9 Å². The van der Waals surface area contributed by atoms with Gasteiger partial charge in [0.2, 0.25) is 0 Å². The molecular formula is C51H76Si. The van der Waals surface area contributed by atoms with Crippen molar-refractivity contribution in [2.24, 2.45) is 0 Å². The van der Waals surface area contributed by atoms with Gasteiger partial charge in [-0.05, 0) is 138 Å². The SMILES string of the molecule is CCCCCCc1cc(CCCCCC)cc([SiH2]C2(Cc3cc(CC)cc(CC)c3)C(C)=C(C)C(C)=C2c2cc(C(C)(C)C)cc(C(C)(C)C)c2)c1. The Balaban J connectivity index is 1.98. The Kier molecular flexibility index (Phi) is 14.7. The summed E-state index contributed by atoms with van der Waals surface area (Å²) in [5.74, 6) is 0. The summed E-state index contributed by atoms with van der Waals surface area (Å²) in [4.78, 5) is 0. The Hall–Kier alpha value is -2.64. The first-order valence-corrected chi connectivity index (χ1v) is 22.8. The second-order valence-corrected chi connectivity index (χ2v) is 21.0. The normalized spacial score (nSPS) is 17.0. The molecule has 0 aromatic heterocycles. The maximum Gasteiger partial charge on any atom is 0.0718 e. The van der Waals surface area contributed by atoms with Crippen LogP contribution in [0.25, 0.3) is 5.57 Å². The van der Waals surface area contributed by atoms with Gasteiger partial charge in [-0.15, -0.1) is 0 Å². The highest BCUT2D eigenvalue weighted by Gasteiger charge is 2.44. The molecule has 0 N–H and O–H groups in total. The van der Waals surface area contributed by atoms with Crippen molar-refractivity contribution in [3.63, 3.8) is 0 Å². The fourth-order valence-electron chi connectivity index (χ4n) is 8.80. The van der Waals surface area contributed by atoms with Crippen LogP contribution in [0, 0.1) is 0 Å². The average Bonchev–Trinajstić information content (AvgIpc) is 3.27. The van der Waals surface area contributed by atoms with E-state index >= 15 is 0 Å². The minimum Gasteiger partial charge on any atom is -0.0654 e. The summed E-state index contributed by atoms with van der Waals surface area (Å²) in [6, 6.07) is 23.2. The van der Waals surface area contributed by atoms with Crippen molar-refractivity contribution in [3.8, 4) is 0 Å². The van der Waals surface area contributed by atoms with Crippen LogP contribution >= 0.6 is 0 Å². The molecule has 0 aliphatic heterocycles. The Morgan fingerprint density at radius 1 is 0.500 bits per heavy atom. The fourth-order valence-corrected chi connectivity index (χ4v) is 11.8. The van der Waals surface area contributed by atoms with Crippen molar-refractivity contribution in [1.82, 2.24) is 0 Å². The zero-order chi connectivity index (χ0) is 38.3. The largest absolute Gasteiger partial charge is 0.0718 e. The van der Waals surface area contributed by atoms with Crippen LogP contribution in [0.4, 0.5) is 0 Å². The summed E-state index contributed by atoms with van der Waals surface area (Å²) in [6.07, 6.45) is 16.3. The zero-order valence-electron chi connectivity index (χ0n) is 36.1. The summed E-state index contributed by atoms with van der Waals surface area (Å²) in [7, 11) is -0.842. The molecule has 0 saturated heterocycles. The van der Waals surface area contributed by atoms with E-state index in [1.54, 1.807) is 27.5 Å². The molecule has 3 aromatic carbocycles. The van der Waals surface area contributed by atoms with Crippen molar-refractivity contribution < 1.29 is 0 Å². The lowest BCUT2D eigenvalue weighted by Gasteiger charge is -2.37. The number of hydrogen-bond acceptors (Lipinski definition) is 0. The molecule has 0 spiro atoms. The summed E-state index contributed by atoms with van der Waals surface area (Å²) in [5, 5.41) is 1.68. The molecule has 1 atom stereocenters. The molecule has 0 saturated carbocycles. The van der Waals surface area contributed by atoms with E-state index in [9.17, 15) is 0 Å². The molecule has 1 unspecified atom stereocenters. The van der Waals surface area contributed by atoms with Crippen LogP contribution in [0.1, 0.15) is 186 Å². The van der Waals surface area contributed by atoms with Gasteiger partial charge in [0.05, 0.1) is 9.52 Å². The standard InChI is InChI=1S/C51H76Si/c1-14-18-20-22-24-41-29-42(25-23-21-19-15-2)31-47(30-41)52-51(35-43-27-39(16-3)26-40(17-4)28-43)38(7)36(5)37(6)48(51)44-32-45(49(8,9)10)34-46(33-44)50(11,12)13/h26-34H,14-25,35,52H2,1-13H3. The van der Waals surface area contributed by atoms with Gasteiger partial charge in [0.1, 0.15) is 0 Å². The molecule has 0 heterocycles. The van der Waals surface area contributed by atoms with E-state index in [4.69, 9.17) is 0 Å². The highest BCUT2D eigenvalue weighted by molar-refractivity contribution is 6.61. The van der Waals surface area contributed by atoms with Crippen LogP contribution in [0.5, 0.6) is 0 Å². The van der Waals surface area contributed by atoms with Gasteiger partial charge in [0.25, 0.3) is 0 Å². The second-order valence-electron chi connectivity index (χ2n) is 18.6. The molecule has 1 aliphatic rings. The molecule has 0 bridgehead atoms. The van der Waals surface area contributed by atoms with Gasteiger partial charge < -0.3 is 0 Å². The number of unbranched alkanes of at least 4 members (excludes halogenated alkanes) is 6. The highest BCUT2D eigenvalue weighted by Crippen LogP contribution is 2.59. The van der Waals surface area contributed by atoms with E-state index < -0.39 is 9.52 Å². The maximum atomic E-state index is 2.68. The van der Waals surface area contributed by atoms with E-state index in [1.165, 1.54) is 109 Å². The van der Waals surface area contributed by atoms with Gasteiger partial charge in [-0.2, -0.15) is 0 Å².